The highest BCUT2D eigenvalue weighted by Gasteiger charge is 2.14. The molecule has 0 radical (unpaired) electrons. The van der Waals surface area contributed by atoms with Gasteiger partial charge in [0.05, 0.1) is 15.9 Å². The monoisotopic (exact) mass is 454 g/mol. The molecule has 1 aliphatic rings. The third-order valence-electron chi connectivity index (χ3n) is 5.71. The van der Waals surface area contributed by atoms with Crippen molar-refractivity contribution < 1.29 is 4.79 Å². The van der Waals surface area contributed by atoms with E-state index in [1.54, 1.807) is 17.4 Å². The molecule has 0 aliphatic carbocycles. The predicted molar refractivity (Wildman–Crippen MR) is 137 cm³/mol. The number of thiazole rings is 1. The zero-order chi connectivity index (χ0) is 22.5. The first kappa shape index (κ1) is 21.5. The summed E-state index contributed by atoms with van der Waals surface area (Å²) >= 11 is 1.67. The van der Waals surface area contributed by atoms with Gasteiger partial charge in [-0.25, -0.2) is 4.98 Å². The SMILES string of the molecule is O=C(C=Cc1ccccc1)Nc1ccccc1-c1nc2ccc(CN3CCNCC3)cc2s1. The molecule has 33 heavy (non-hydrogen) atoms. The van der Waals surface area contributed by atoms with E-state index in [0.29, 0.717) is 0 Å². The van der Waals surface area contributed by atoms with Gasteiger partial charge in [0.2, 0.25) is 5.91 Å². The quantitative estimate of drug-likeness (QED) is 0.402. The predicted octanol–water partition coefficient (Wildman–Crippen LogP) is 5.02. The minimum atomic E-state index is -0.161. The largest absolute Gasteiger partial charge is 0.322 e. The summed E-state index contributed by atoms with van der Waals surface area (Å²) in [7, 11) is 0. The number of nitrogens with one attached hydrogen (secondary N) is 2. The zero-order valence-corrected chi connectivity index (χ0v) is 19.1. The summed E-state index contributed by atoms with van der Waals surface area (Å²) in [6.45, 7) is 5.23. The maximum absolute atomic E-state index is 12.6. The van der Waals surface area contributed by atoms with Gasteiger partial charge in [0, 0.05) is 44.4 Å². The zero-order valence-electron chi connectivity index (χ0n) is 18.3. The molecule has 1 saturated heterocycles. The second kappa shape index (κ2) is 10.1. The van der Waals surface area contributed by atoms with Gasteiger partial charge < -0.3 is 10.6 Å². The Morgan fingerprint density at radius 1 is 1.03 bits per heavy atom. The topological polar surface area (TPSA) is 57.3 Å². The van der Waals surface area contributed by atoms with Gasteiger partial charge in [-0.05, 0) is 41.5 Å². The fraction of sp³-hybridized carbons (Fsp3) is 0.185. The molecule has 0 bridgehead atoms. The number of anilines is 1. The van der Waals surface area contributed by atoms with Crippen LogP contribution in [-0.4, -0.2) is 42.0 Å². The van der Waals surface area contributed by atoms with Crippen molar-refractivity contribution in [1.29, 1.82) is 0 Å². The van der Waals surface area contributed by atoms with Crippen molar-refractivity contribution >= 4 is 39.2 Å². The van der Waals surface area contributed by atoms with Gasteiger partial charge in [0.1, 0.15) is 5.01 Å². The van der Waals surface area contributed by atoms with Gasteiger partial charge in [-0.1, -0.05) is 48.5 Å². The number of fused-ring (bicyclic) bond motifs is 1. The van der Waals surface area contributed by atoms with Crippen molar-refractivity contribution in [2.24, 2.45) is 0 Å². The molecule has 1 aliphatic heterocycles. The minimum Gasteiger partial charge on any atom is -0.322 e. The van der Waals surface area contributed by atoms with E-state index in [0.717, 1.165) is 60.1 Å². The number of benzene rings is 3. The molecular formula is C27H26N4OS. The summed E-state index contributed by atoms with van der Waals surface area (Å²) in [5.74, 6) is -0.161. The third-order valence-corrected chi connectivity index (χ3v) is 6.76. The number of carbonyl (C=O) groups is 1. The summed E-state index contributed by atoms with van der Waals surface area (Å²) in [4.78, 5) is 19.9. The van der Waals surface area contributed by atoms with Gasteiger partial charge in [0.15, 0.2) is 0 Å². The Labute approximate surface area is 197 Å². The molecule has 1 fully saturated rings. The van der Waals surface area contributed by atoms with Gasteiger partial charge in [-0.15, -0.1) is 11.3 Å². The smallest absolute Gasteiger partial charge is 0.248 e. The number of para-hydroxylation sites is 1. The van der Waals surface area contributed by atoms with E-state index in [9.17, 15) is 4.79 Å². The summed E-state index contributed by atoms with van der Waals surface area (Å²) in [5, 5.41) is 7.33. The molecule has 0 unspecified atom stereocenters. The van der Waals surface area contributed by atoms with Crippen LogP contribution in [0.1, 0.15) is 11.1 Å². The van der Waals surface area contributed by atoms with Gasteiger partial charge >= 0.3 is 0 Å². The average molecular weight is 455 g/mol. The number of nitrogens with zero attached hydrogens (tertiary/aromatic N) is 2. The maximum atomic E-state index is 12.6. The van der Waals surface area contributed by atoms with Crippen LogP contribution < -0.4 is 10.6 Å². The lowest BCUT2D eigenvalue weighted by atomic mass is 10.1. The normalized spacial score (nSPS) is 14.7. The molecule has 2 N–H and O–H groups in total. The van der Waals surface area contributed by atoms with Crippen LogP contribution in [0.4, 0.5) is 5.69 Å². The molecule has 6 heteroatoms. The lowest BCUT2D eigenvalue weighted by molar-refractivity contribution is -0.111. The number of hydrogen-bond donors (Lipinski definition) is 2. The molecule has 0 spiro atoms. The van der Waals surface area contributed by atoms with E-state index in [-0.39, 0.29) is 5.91 Å². The first-order valence-corrected chi connectivity index (χ1v) is 12.0. The van der Waals surface area contributed by atoms with E-state index in [1.165, 1.54) is 10.3 Å². The van der Waals surface area contributed by atoms with Crippen LogP contribution in [0, 0.1) is 0 Å². The highest BCUT2D eigenvalue weighted by atomic mass is 32.1. The number of carbonyl (C=O) groups excluding carboxylic acids is 1. The second-order valence-electron chi connectivity index (χ2n) is 8.13. The van der Waals surface area contributed by atoms with Crippen LogP contribution >= 0.6 is 11.3 Å². The summed E-state index contributed by atoms with van der Waals surface area (Å²) in [6.07, 6.45) is 3.38. The van der Waals surface area contributed by atoms with Crippen LogP contribution in [0.3, 0.4) is 0 Å². The van der Waals surface area contributed by atoms with Crippen molar-refractivity contribution in [2.45, 2.75) is 6.54 Å². The van der Waals surface area contributed by atoms with Gasteiger partial charge in [-0.2, -0.15) is 0 Å². The molecule has 4 aromatic rings. The number of amides is 1. The Morgan fingerprint density at radius 2 is 1.82 bits per heavy atom. The molecule has 5 nitrogen and oxygen atoms in total. The van der Waals surface area contributed by atoms with Crippen molar-refractivity contribution in [3.05, 3.63) is 90.0 Å². The number of rotatable bonds is 6. The molecule has 166 valence electrons. The number of hydrogen-bond acceptors (Lipinski definition) is 5. The Hall–Kier alpha value is -3.32. The summed E-state index contributed by atoms with van der Waals surface area (Å²) in [6, 6.07) is 24.2. The second-order valence-corrected chi connectivity index (χ2v) is 9.16. The minimum absolute atomic E-state index is 0.161. The van der Waals surface area contributed by atoms with Crippen LogP contribution in [-0.2, 0) is 11.3 Å². The average Bonchev–Trinajstić information content (AvgIpc) is 3.28. The Balaban J connectivity index is 1.35. The molecule has 5 rings (SSSR count). The van der Waals surface area contributed by atoms with Crippen LogP contribution in [0.25, 0.3) is 26.9 Å². The number of piperazine rings is 1. The highest BCUT2D eigenvalue weighted by Crippen LogP contribution is 2.35. The standard InChI is InChI=1S/C27H26N4OS/c32-26(13-11-20-6-2-1-3-7-20)29-23-9-5-4-8-22(23)27-30-24-12-10-21(18-25(24)33-27)19-31-16-14-28-15-17-31/h1-13,18,28H,14-17,19H2,(H,29,32). The lowest BCUT2D eigenvalue weighted by Gasteiger charge is -2.27. The van der Waals surface area contributed by atoms with Crippen molar-refractivity contribution in [2.75, 3.05) is 31.5 Å². The molecular weight excluding hydrogens is 428 g/mol. The van der Waals surface area contributed by atoms with Crippen LogP contribution in [0.2, 0.25) is 0 Å². The third kappa shape index (κ3) is 5.37. The first-order chi connectivity index (χ1) is 16.2. The van der Waals surface area contributed by atoms with Crippen LogP contribution in [0.15, 0.2) is 78.9 Å². The van der Waals surface area contributed by atoms with E-state index < -0.39 is 0 Å². The molecule has 2 heterocycles. The fourth-order valence-electron chi connectivity index (χ4n) is 4.00. The molecule has 0 atom stereocenters. The van der Waals surface area contributed by atoms with Crippen molar-refractivity contribution in [3.8, 4) is 10.6 Å². The summed E-state index contributed by atoms with van der Waals surface area (Å²) < 4.78 is 1.17. The maximum Gasteiger partial charge on any atom is 0.248 e. The number of aromatic nitrogens is 1. The van der Waals surface area contributed by atoms with E-state index in [4.69, 9.17) is 4.98 Å². The Bertz CT molecular complexity index is 1280. The van der Waals surface area contributed by atoms with Gasteiger partial charge in [0.25, 0.3) is 0 Å². The van der Waals surface area contributed by atoms with E-state index >= 15 is 0 Å². The van der Waals surface area contributed by atoms with Crippen LogP contribution in [0.5, 0.6) is 0 Å². The molecule has 3 aromatic carbocycles. The van der Waals surface area contributed by atoms with E-state index in [2.05, 4.69) is 33.7 Å². The Morgan fingerprint density at radius 3 is 2.67 bits per heavy atom. The summed E-state index contributed by atoms with van der Waals surface area (Å²) in [5.41, 5.74) is 4.99. The lowest BCUT2D eigenvalue weighted by Crippen LogP contribution is -2.42. The Kier molecular flexibility index (Phi) is 6.58. The molecule has 1 aromatic heterocycles. The highest BCUT2D eigenvalue weighted by molar-refractivity contribution is 7.21. The van der Waals surface area contributed by atoms with Crippen molar-refractivity contribution in [3.63, 3.8) is 0 Å². The molecule has 1 amide bonds. The fourth-order valence-corrected chi connectivity index (χ4v) is 5.07. The van der Waals surface area contributed by atoms with E-state index in [1.807, 2.05) is 60.7 Å². The van der Waals surface area contributed by atoms with Gasteiger partial charge in [-0.3, -0.25) is 9.69 Å². The first-order valence-electron chi connectivity index (χ1n) is 11.2. The van der Waals surface area contributed by atoms with Crippen molar-refractivity contribution in [1.82, 2.24) is 15.2 Å². The molecule has 0 saturated carbocycles.